The summed E-state index contributed by atoms with van der Waals surface area (Å²) in [5.41, 5.74) is -1.71. The number of alkyl halides is 3. The molecule has 0 spiro atoms. The highest BCUT2D eigenvalue weighted by molar-refractivity contribution is 5.89. The number of aromatic nitrogens is 4. The minimum Gasteiger partial charge on any atom is -0.478 e. The third kappa shape index (κ3) is 2.39. The van der Waals surface area contributed by atoms with E-state index in [1.165, 1.54) is 12.4 Å². The van der Waals surface area contributed by atoms with Gasteiger partial charge in [0, 0.05) is 12.4 Å². The maximum Gasteiger partial charge on any atom is 0.434 e. The van der Waals surface area contributed by atoms with E-state index in [4.69, 9.17) is 5.11 Å². The first-order chi connectivity index (χ1) is 8.80. The molecule has 0 amide bonds. The van der Waals surface area contributed by atoms with Gasteiger partial charge in [-0.3, -0.25) is 0 Å². The molecule has 2 aromatic rings. The first kappa shape index (κ1) is 13.0. The summed E-state index contributed by atoms with van der Waals surface area (Å²) in [6, 6.07) is 0. The average molecular weight is 272 g/mol. The quantitative estimate of drug-likeness (QED) is 0.899. The smallest absolute Gasteiger partial charge is 0.434 e. The third-order valence-corrected chi connectivity index (χ3v) is 2.22. The molecular weight excluding hydrogens is 265 g/mol. The Bertz CT molecular complexity index is 619. The Balaban J connectivity index is 2.64. The molecule has 9 heteroatoms. The van der Waals surface area contributed by atoms with E-state index in [0.29, 0.717) is 16.4 Å². The van der Waals surface area contributed by atoms with E-state index in [1.54, 1.807) is 6.92 Å². The summed E-state index contributed by atoms with van der Waals surface area (Å²) >= 11 is 0. The van der Waals surface area contributed by atoms with Crippen LogP contribution in [0.4, 0.5) is 13.2 Å². The van der Waals surface area contributed by atoms with Gasteiger partial charge in [-0.15, -0.1) is 0 Å². The maximum atomic E-state index is 12.9. The molecule has 0 radical (unpaired) electrons. The van der Waals surface area contributed by atoms with Gasteiger partial charge in [-0.25, -0.2) is 14.8 Å². The van der Waals surface area contributed by atoms with Gasteiger partial charge in [0.05, 0.1) is 6.20 Å². The van der Waals surface area contributed by atoms with E-state index < -0.39 is 23.4 Å². The van der Waals surface area contributed by atoms with Gasteiger partial charge in [-0.1, -0.05) is 0 Å². The number of carboxylic acids is 1. The molecule has 0 aromatic carbocycles. The fourth-order valence-electron chi connectivity index (χ4n) is 1.42. The summed E-state index contributed by atoms with van der Waals surface area (Å²) in [5, 5.41) is 12.1. The van der Waals surface area contributed by atoms with Gasteiger partial charge in [0.1, 0.15) is 5.56 Å². The van der Waals surface area contributed by atoms with Gasteiger partial charge in [-0.05, 0) is 12.5 Å². The van der Waals surface area contributed by atoms with Gasteiger partial charge in [0.2, 0.25) is 0 Å². The van der Waals surface area contributed by atoms with E-state index in [2.05, 4.69) is 15.1 Å². The fourth-order valence-corrected chi connectivity index (χ4v) is 1.42. The zero-order valence-corrected chi connectivity index (χ0v) is 9.51. The van der Waals surface area contributed by atoms with Crippen molar-refractivity contribution < 1.29 is 23.1 Å². The van der Waals surface area contributed by atoms with Crippen LogP contribution in [0.5, 0.6) is 0 Å². The van der Waals surface area contributed by atoms with Crippen molar-refractivity contribution in [2.45, 2.75) is 13.1 Å². The summed E-state index contributed by atoms with van der Waals surface area (Å²) in [5.74, 6) is -2.06. The van der Waals surface area contributed by atoms with E-state index >= 15 is 0 Å². The normalized spacial score (nSPS) is 11.6. The largest absolute Gasteiger partial charge is 0.478 e. The van der Waals surface area contributed by atoms with Crippen LogP contribution in [-0.4, -0.2) is 30.8 Å². The van der Waals surface area contributed by atoms with E-state index in [9.17, 15) is 18.0 Å². The summed E-state index contributed by atoms with van der Waals surface area (Å²) in [7, 11) is 0. The topological polar surface area (TPSA) is 80.9 Å². The molecule has 0 aliphatic carbocycles. The zero-order chi connectivity index (χ0) is 14.2. The van der Waals surface area contributed by atoms with Gasteiger partial charge in [0.15, 0.2) is 5.69 Å². The number of carboxylic acid groups (broad SMARTS) is 1. The molecule has 2 aromatic heterocycles. The predicted octanol–water partition coefficient (Wildman–Crippen LogP) is 1.69. The first-order valence-electron chi connectivity index (χ1n) is 4.98. The van der Waals surface area contributed by atoms with E-state index in [0.717, 1.165) is 0 Å². The number of rotatable bonds is 2. The van der Waals surface area contributed by atoms with Crippen LogP contribution < -0.4 is 0 Å². The van der Waals surface area contributed by atoms with Crippen molar-refractivity contribution >= 4 is 5.97 Å². The molecule has 0 saturated carbocycles. The molecular formula is C10H7F3N4O2. The highest BCUT2D eigenvalue weighted by Gasteiger charge is 2.41. The Kier molecular flexibility index (Phi) is 2.97. The molecule has 2 rings (SSSR count). The van der Waals surface area contributed by atoms with E-state index in [1.807, 2.05) is 0 Å². The Labute approximate surface area is 104 Å². The second-order valence-electron chi connectivity index (χ2n) is 3.68. The first-order valence-corrected chi connectivity index (χ1v) is 4.98. The summed E-state index contributed by atoms with van der Waals surface area (Å²) in [4.78, 5) is 18.2. The van der Waals surface area contributed by atoms with Crippen molar-refractivity contribution in [3.05, 3.63) is 35.4 Å². The predicted molar refractivity (Wildman–Crippen MR) is 55.9 cm³/mol. The zero-order valence-electron chi connectivity index (χ0n) is 9.51. The molecule has 0 aliphatic heterocycles. The number of hydrogen-bond donors (Lipinski definition) is 1. The summed E-state index contributed by atoms with van der Waals surface area (Å²) in [6.45, 7) is 1.67. The lowest BCUT2D eigenvalue weighted by Gasteiger charge is -2.10. The van der Waals surface area contributed by atoms with Crippen molar-refractivity contribution in [2.75, 3.05) is 0 Å². The van der Waals surface area contributed by atoms with Crippen molar-refractivity contribution in [3.8, 4) is 5.95 Å². The number of hydrogen-bond acceptors (Lipinski definition) is 4. The molecule has 0 unspecified atom stereocenters. The molecule has 6 nitrogen and oxygen atoms in total. The minimum atomic E-state index is -4.88. The van der Waals surface area contributed by atoms with Crippen LogP contribution in [0.2, 0.25) is 0 Å². The molecule has 0 aliphatic rings. The molecule has 0 saturated heterocycles. The SMILES string of the molecule is Cc1cnc(-n2ncc(C(=O)O)c2C(F)(F)F)nc1. The lowest BCUT2D eigenvalue weighted by molar-refractivity contribution is -0.143. The summed E-state index contributed by atoms with van der Waals surface area (Å²) < 4.78 is 39.0. The molecule has 19 heavy (non-hydrogen) atoms. The second kappa shape index (κ2) is 4.34. The Morgan fingerprint density at radius 3 is 2.32 bits per heavy atom. The monoisotopic (exact) mass is 272 g/mol. The fraction of sp³-hybridized carbons (Fsp3) is 0.200. The highest BCUT2D eigenvalue weighted by atomic mass is 19.4. The molecule has 100 valence electrons. The van der Waals surface area contributed by atoms with Crippen LogP contribution in [0, 0.1) is 6.92 Å². The number of halogens is 3. The molecule has 0 fully saturated rings. The third-order valence-electron chi connectivity index (χ3n) is 2.22. The molecule has 1 N–H and O–H groups in total. The van der Waals surface area contributed by atoms with Crippen LogP contribution in [0.15, 0.2) is 18.6 Å². The average Bonchev–Trinajstić information content (AvgIpc) is 2.74. The van der Waals surface area contributed by atoms with Crippen LogP contribution in [0.1, 0.15) is 21.6 Å². The number of aromatic carboxylic acids is 1. The van der Waals surface area contributed by atoms with Crippen molar-refractivity contribution in [1.82, 2.24) is 19.7 Å². The second-order valence-corrected chi connectivity index (χ2v) is 3.68. The van der Waals surface area contributed by atoms with Crippen molar-refractivity contribution in [2.24, 2.45) is 0 Å². The van der Waals surface area contributed by atoms with Crippen LogP contribution in [0.25, 0.3) is 5.95 Å². The lowest BCUT2D eigenvalue weighted by Crippen LogP contribution is -2.18. The van der Waals surface area contributed by atoms with Crippen molar-refractivity contribution in [3.63, 3.8) is 0 Å². The Morgan fingerprint density at radius 1 is 1.26 bits per heavy atom. The number of carbonyl (C=O) groups is 1. The van der Waals surface area contributed by atoms with Gasteiger partial charge in [-0.2, -0.15) is 23.0 Å². The van der Waals surface area contributed by atoms with Gasteiger partial charge >= 0.3 is 12.1 Å². The minimum absolute atomic E-state index is 0.342. The molecule has 0 atom stereocenters. The Hall–Kier alpha value is -2.45. The highest BCUT2D eigenvalue weighted by Crippen LogP contribution is 2.32. The Morgan fingerprint density at radius 2 is 1.84 bits per heavy atom. The molecule has 2 heterocycles. The maximum absolute atomic E-state index is 12.9. The number of aryl methyl sites for hydroxylation is 1. The summed E-state index contributed by atoms with van der Waals surface area (Å²) in [6.07, 6.45) is -1.64. The number of nitrogens with zero attached hydrogens (tertiary/aromatic N) is 4. The van der Waals surface area contributed by atoms with Crippen LogP contribution in [0.3, 0.4) is 0 Å². The van der Waals surface area contributed by atoms with Crippen molar-refractivity contribution in [1.29, 1.82) is 0 Å². The standard InChI is InChI=1S/C10H7F3N4O2/c1-5-2-14-9(15-3-5)17-7(10(11,12)13)6(4-16-17)8(18)19/h2-4H,1H3,(H,18,19). The lowest BCUT2D eigenvalue weighted by atomic mass is 10.2. The van der Waals surface area contributed by atoms with Crippen LogP contribution in [-0.2, 0) is 6.18 Å². The molecule has 0 bridgehead atoms. The van der Waals surface area contributed by atoms with Gasteiger partial charge < -0.3 is 5.11 Å². The van der Waals surface area contributed by atoms with E-state index in [-0.39, 0.29) is 5.95 Å². The van der Waals surface area contributed by atoms with Crippen LogP contribution >= 0.6 is 0 Å². The van der Waals surface area contributed by atoms with Gasteiger partial charge in [0.25, 0.3) is 5.95 Å².